The van der Waals surface area contributed by atoms with Crippen molar-refractivity contribution in [1.29, 1.82) is 0 Å². The summed E-state index contributed by atoms with van der Waals surface area (Å²) in [6, 6.07) is 13.8. The molecule has 0 bridgehead atoms. The van der Waals surface area contributed by atoms with E-state index < -0.39 is 0 Å². The Morgan fingerprint density at radius 2 is 1.79 bits per heavy atom. The van der Waals surface area contributed by atoms with E-state index in [1.54, 1.807) is 46.2 Å². The monoisotopic (exact) mass is 458 g/mol. The van der Waals surface area contributed by atoms with Crippen molar-refractivity contribution in [2.75, 3.05) is 19.6 Å². The minimum Gasteiger partial charge on any atom is -0.339 e. The van der Waals surface area contributed by atoms with Crippen LogP contribution in [0.2, 0.25) is 0 Å². The third-order valence-electron chi connectivity index (χ3n) is 5.20. The number of piperidine rings is 1. The maximum absolute atomic E-state index is 14.0. The lowest BCUT2D eigenvalue weighted by molar-refractivity contribution is -0.137. The molecular weight excluding hydrogens is 435 g/mol. The highest BCUT2D eigenvalue weighted by molar-refractivity contribution is 9.10. The molecule has 152 valence electrons. The average molecular weight is 459 g/mol. The summed E-state index contributed by atoms with van der Waals surface area (Å²) >= 11 is 3.37. The standard InChI is InChI=1S/C23H24BrFN2O2/c1-2-13-27(16-19-5-3-4-6-21(19)25)23(29)18-11-14-26(15-12-18)22(28)17-7-9-20(24)10-8-17/h2-10,18H,1,11-16H2. The van der Waals surface area contributed by atoms with Crippen molar-refractivity contribution >= 4 is 27.7 Å². The smallest absolute Gasteiger partial charge is 0.253 e. The number of hydrogen-bond donors (Lipinski definition) is 0. The molecule has 2 aromatic rings. The van der Waals surface area contributed by atoms with Gasteiger partial charge in [0.2, 0.25) is 5.91 Å². The molecule has 1 fully saturated rings. The van der Waals surface area contributed by atoms with E-state index in [0.29, 0.717) is 43.6 Å². The van der Waals surface area contributed by atoms with E-state index in [-0.39, 0.29) is 30.1 Å². The van der Waals surface area contributed by atoms with Gasteiger partial charge in [-0.2, -0.15) is 0 Å². The number of hydrogen-bond acceptors (Lipinski definition) is 2. The van der Waals surface area contributed by atoms with Crippen LogP contribution in [0.25, 0.3) is 0 Å². The first kappa shape index (κ1) is 21.2. The average Bonchev–Trinajstić information content (AvgIpc) is 2.74. The minimum atomic E-state index is -0.315. The molecule has 4 nitrogen and oxygen atoms in total. The molecule has 2 amide bonds. The van der Waals surface area contributed by atoms with Crippen LogP contribution >= 0.6 is 15.9 Å². The normalized spacial score (nSPS) is 14.5. The molecule has 1 heterocycles. The van der Waals surface area contributed by atoms with Gasteiger partial charge in [-0.3, -0.25) is 9.59 Å². The first-order valence-electron chi connectivity index (χ1n) is 9.67. The van der Waals surface area contributed by atoms with Gasteiger partial charge in [-0.05, 0) is 43.2 Å². The molecule has 3 rings (SSSR count). The molecule has 1 saturated heterocycles. The Morgan fingerprint density at radius 1 is 1.14 bits per heavy atom. The van der Waals surface area contributed by atoms with E-state index in [2.05, 4.69) is 22.5 Å². The Balaban J connectivity index is 1.61. The van der Waals surface area contributed by atoms with Crippen molar-refractivity contribution in [2.24, 2.45) is 5.92 Å². The Labute approximate surface area is 179 Å². The Kier molecular flexibility index (Phi) is 7.20. The second-order valence-electron chi connectivity index (χ2n) is 7.17. The highest BCUT2D eigenvalue weighted by Crippen LogP contribution is 2.23. The van der Waals surface area contributed by atoms with Gasteiger partial charge in [0, 0.05) is 47.7 Å². The molecule has 0 aromatic heterocycles. The predicted octanol–water partition coefficient (Wildman–Crippen LogP) is 4.66. The van der Waals surface area contributed by atoms with E-state index in [0.717, 1.165) is 4.47 Å². The summed E-state index contributed by atoms with van der Waals surface area (Å²) in [5.41, 5.74) is 1.14. The first-order valence-corrected chi connectivity index (χ1v) is 10.5. The van der Waals surface area contributed by atoms with Crippen LogP contribution in [0.1, 0.15) is 28.8 Å². The number of nitrogens with zero attached hydrogens (tertiary/aromatic N) is 2. The number of carbonyl (C=O) groups excluding carboxylic acids is 2. The van der Waals surface area contributed by atoms with E-state index in [9.17, 15) is 14.0 Å². The second-order valence-corrected chi connectivity index (χ2v) is 8.09. The molecule has 0 N–H and O–H groups in total. The molecule has 2 aromatic carbocycles. The number of carbonyl (C=O) groups is 2. The molecule has 29 heavy (non-hydrogen) atoms. The highest BCUT2D eigenvalue weighted by atomic mass is 79.9. The fourth-order valence-electron chi connectivity index (χ4n) is 3.58. The third-order valence-corrected chi connectivity index (χ3v) is 5.73. The van der Waals surface area contributed by atoms with Crippen LogP contribution in [-0.4, -0.2) is 41.2 Å². The maximum atomic E-state index is 14.0. The SMILES string of the molecule is C=CCN(Cc1ccccc1F)C(=O)C1CCN(C(=O)c2ccc(Br)cc2)CC1. The van der Waals surface area contributed by atoms with Crippen molar-refractivity contribution in [3.05, 3.63) is 82.6 Å². The van der Waals surface area contributed by atoms with Gasteiger partial charge in [0.15, 0.2) is 0 Å². The van der Waals surface area contributed by atoms with Gasteiger partial charge in [0.05, 0.1) is 0 Å². The molecular formula is C23H24BrFN2O2. The fourth-order valence-corrected chi connectivity index (χ4v) is 3.85. The van der Waals surface area contributed by atoms with E-state index in [1.807, 2.05) is 12.1 Å². The van der Waals surface area contributed by atoms with Gasteiger partial charge in [0.1, 0.15) is 5.82 Å². The zero-order chi connectivity index (χ0) is 20.8. The predicted molar refractivity (Wildman–Crippen MR) is 115 cm³/mol. The summed E-state index contributed by atoms with van der Waals surface area (Å²) in [5.74, 6) is -0.512. The summed E-state index contributed by atoms with van der Waals surface area (Å²) in [4.78, 5) is 29.1. The number of rotatable bonds is 6. The summed E-state index contributed by atoms with van der Waals surface area (Å²) in [6.45, 7) is 5.38. The molecule has 0 unspecified atom stereocenters. The molecule has 0 atom stereocenters. The molecule has 1 aliphatic heterocycles. The highest BCUT2D eigenvalue weighted by Gasteiger charge is 2.30. The van der Waals surface area contributed by atoms with E-state index >= 15 is 0 Å². The summed E-state index contributed by atoms with van der Waals surface area (Å²) in [7, 11) is 0. The Morgan fingerprint density at radius 3 is 2.41 bits per heavy atom. The quantitative estimate of drug-likeness (QED) is 0.590. The molecule has 1 aliphatic rings. The zero-order valence-electron chi connectivity index (χ0n) is 16.2. The third kappa shape index (κ3) is 5.32. The largest absolute Gasteiger partial charge is 0.339 e. The van der Waals surface area contributed by atoms with Crippen LogP contribution in [0.15, 0.2) is 65.7 Å². The first-order chi connectivity index (χ1) is 14.0. The zero-order valence-corrected chi connectivity index (χ0v) is 17.8. The van der Waals surface area contributed by atoms with Crippen molar-refractivity contribution in [1.82, 2.24) is 9.80 Å². The molecule has 0 spiro atoms. The number of amides is 2. The van der Waals surface area contributed by atoms with Gasteiger partial charge < -0.3 is 9.80 Å². The van der Waals surface area contributed by atoms with E-state index in [4.69, 9.17) is 0 Å². The van der Waals surface area contributed by atoms with Crippen LogP contribution in [0.4, 0.5) is 4.39 Å². The van der Waals surface area contributed by atoms with Gasteiger partial charge >= 0.3 is 0 Å². The van der Waals surface area contributed by atoms with Crippen LogP contribution in [0.5, 0.6) is 0 Å². The van der Waals surface area contributed by atoms with Gasteiger partial charge in [-0.25, -0.2) is 4.39 Å². The van der Waals surface area contributed by atoms with Crippen LogP contribution in [-0.2, 0) is 11.3 Å². The van der Waals surface area contributed by atoms with Gasteiger partial charge in [-0.1, -0.05) is 40.2 Å². The van der Waals surface area contributed by atoms with Crippen LogP contribution in [0.3, 0.4) is 0 Å². The molecule has 0 saturated carbocycles. The van der Waals surface area contributed by atoms with Crippen molar-refractivity contribution in [3.63, 3.8) is 0 Å². The van der Waals surface area contributed by atoms with Crippen molar-refractivity contribution < 1.29 is 14.0 Å². The van der Waals surface area contributed by atoms with Crippen LogP contribution < -0.4 is 0 Å². The number of halogens is 2. The molecule has 0 aliphatic carbocycles. The van der Waals surface area contributed by atoms with E-state index in [1.165, 1.54) is 6.07 Å². The Bertz CT molecular complexity index is 877. The van der Waals surface area contributed by atoms with Crippen molar-refractivity contribution in [3.8, 4) is 0 Å². The molecule has 0 radical (unpaired) electrons. The summed E-state index contributed by atoms with van der Waals surface area (Å²) < 4.78 is 14.9. The second kappa shape index (κ2) is 9.83. The summed E-state index contributed by atoms with van der Waals surface area (Å²) in [6.07, 6.45) is 2.86. The fraction of sp³-hybridized carbons (Fsp3) is 0.304. The van der Waals surface area contributed by atoms with Crippen molar-refractivity contribution in [2.45, 2.75) is 19.4 Å². The van der Waals surface area contributed by atoms with Gasteiger partial charge in [-0.15, -0.1) is 6.58 Å². The Hall–Kier alpha value is -2.47. The lowest BCUT2D eigenvalue weighted by atomic mass is 9.94. The lowest BCUT2D eigenvalue weighted by Gasteiger charge is -2.34. The lowest BCUT2D eigenvalue weighted by Crippen LogP contribution is -2.44. The maximum Gasteiger partial charge on any atom is 0.253 e. The number of benzene rings is 2. The summed E-state index contributed by atoms with van der Waals surface area (Å²) in [5, 5.41) is 0. The van der Waals surface area contributed by atoms with Gasteiger partial charge in [0.25, 0.3) is 5.91 Å². The number of likely N-dealkylation sites (tertiary alicyclic amines) is 1. The topological polar surface area (TPSA) is 40.6 Å². The van der Waals surface area contributed by atoms with Crippen LogP contribution in [0, 0.1) is 11.7 Å². The molecule has 6 heteroatoms. The minimum absolute atomic E-state index is 0.0103.